The molecule has 1 heterocycles. The molecule has 1 aliphatic rings. The fourth-order valence-corrected chi connectivity index (χ4v) is 3.24. The molecular formula is C21H19F3N2O4. The zero-order chi connectivity index (χ0) is 21.9. The molecular weight excluding hydrogens is 401 g/mol. The third-order valence-corrected chi connectivity index (χ3v) is 4.66. The van der Waals surface area contributed by atoms with E-state index in [1.807, 2.05) is 0 Å². The van der Waals surface area contributed by atoms with Gasteiger partial charge < -0.3 is 14.5 Å². The summed E-state index contributed by atoms with van der Waals surface area (Å²) in [5.74, 6) is -1.30. The van der Waals surface area contributed by atoms with Gasteiger partial charge in [0.25, 0.3) is 11.8 Å². The fourth-order valence-electron chi connectivity index (χ4n) is 3.24. The van der Waals surface area contributed by atoms with Gasteiger partial charge in [0, 0.05) is 38.7 Å². The molecule has 0 N–H and O–H groups in total. The fraction of sp³-hybridized carbons (Fsp3) is 0.286. The summed E-state index contributed by atoms with van der Waals surface area (Å²) in [5.41, 5.74) is -1.06. The Kier molecular flexibility index (Phi) is 6.09. The van der Waals surface area contributed by atoms with Gasteiger partial charge in [0.1, 0.15) is 5.75 Å². The molecule has 0 saturated carbocycles. The van der Waals surface area contributed by atoms with Gasteiger partial charge in [-0.3, -0.25) is 14.4 Å². The van der Waals surface area contributed by atoms with Crippen LogP contribution < -0.4 is 4.74 Å². The van der Waals surface area contributed by atoms with Gasteiger partial charge in [-0.15, -0.1) is 0 Å². The number of benzene rings is 2. The van der Waals surface area contributed by atoms with Crippen molar-refractivity contribution in [1.29, 1.82) is 0 Å². The summed E-state index contributed by atoms with van der Waals surface area (Å²) in [6.45, 7) is 1.83. The maximum absolute atomic E-state index is 13.2. The monoisotopic (exact) mass is 420 g/mol. The molecule has 0 bridgehead atoms. The molecule has 3 rings (SSSR count). The summed E-state index contributed by atoms with van der Waals surface area (Å²) < 4.78 is 44.5. The Bertz CT molecular complexity index is 967. The highest BCUT2D eigenvalue weighted by Crippen LogP contribution is 2.32. The van der Waals surface area contributed by atoms with Gasteiger partial charge in [-0.2, -0.15) is 13.2 Å². The summed E-state index contributed by atoms with van der Waals surface area (Å²) in [6.07, 6.45) is -4.63. The van der Waals surface area contributed by atoms with Crippen molar-refractivity contribution in [3.8, 4) is 5.75 Å². The van der Waals surface area contributed by atoms with Crippen molar-refractivity contribution in [2.45, 2.75) is 13.1 Å². The third-order valence-electron chi connectivity index (χ3n) is 4.66. The zero-order valence-electron chi connectivity index (χ0n) is 16.1. The molecule has 30 heavy (non-hydrogen) atoms. The molecule has 0 atom stereocenters. The average molecular weight is 420 g/mol. The van der Waals surface area contributed by atoms with E-state index >= 15 is 0 Å². The van der Waals surface area contributed by atoms with E-state index in [2.05, 4.69) is 0 Å². The molecule has 0 unspecified atom stereocenters. The molecule has 158 valence electrons. The van der Waals surface area contributed by atoms with Crippen molar-refractivity contribution < 1.29 is 32.3 Å². The van der Waals surface area contributed by atoms with E-state index in [-0.39, 0.29) is 37.8 Å². The zero-order valence-corrected chi connectivity index (χ0v) is 16.1. The normalized spacial score (nSPS) is 14.4. The van der Waals surface area contributed by atoms with Crippen molar-refractivity contribution in [2.24, 2.45) is 0 Å². The minimum absolute atomic E-state index is 0.112. The van der Waals surface area contributed by atoms with Crippen molar-refractivity contribution in [3.05, 3.63) is 65.2 Å². The first kappa shape index (κ1) is 21.4. The summed E-state index contributed by atoms with van der Waals surface area (Å²) >= 11 is 0. The number of piperazine rings is 1. The highest BCUT2D eigenvalue weighted by Gasteiger charge is 2.36. The molecule has 2 aromatic carbocycles. The summed E-state index contributed by atoms with van der Waals surface area (Å²) in [7, 11) is 0. The van der Waals surface area contributed by atoms with Crippen LogP contribution in [0.5, 0.6) is 5.75 Å². The first-order valence-corrected chi connectivity index (χ1v) is 9.20. The maximum atomic E-state index is 13.2. The Balaban J connectivity index is 1.67. The van der Waals surface area contributed by atoms with Crippen LogP contribution in [-0.4, -0.2) is 53.8 Å². The van der Waals surface area contributed by atoms with Gasteiger partial charge in [0.05, 0.1) is 11.1 Å². The minimum atomic E-state index is -4.63. The van der Waals surface area contributed by atoms with Crippen LogP contribution in [0, 0.1) is 0 Å². The predicted molar refractivity (Wildman–Crippen MR) is 101 cm³/mol. The second-order valence-electron chi connectivity index (χ2n) is 6.75. The molecule has 2 aromatic rings. The van der Waals surface area contributed by atoms with Gasteiger partial charge in [-0.25, -0.2) is 0 Å². The highest BCUT2D eigenvalue weighted by atomic mass is 19.4. The number of carbonyl (C=O) groups is 3. The minimum Gasteiger partial charge on any atom is -0.427 e. The number of carbonyl (C=O) groups excluding carboxylic acids is 3. The van der Waals surface area contributed by atoms with Crippen molar-refractivity contribution in [3.63, 3.8) is 0 Å². The molecule has 0 radical (unpaired) electrons. The Hall–Kier alpha value is -3.36. The van der Waals surface area contributed by atoms with Gasteiger partial charge in [0.2, 0.25) is 0 Å². The third kappa shape index (κ3) is 4.79. The number of amides is 2. The molecule has 1 fully saturated rings. The van der Waals surface area contributed by atoms with Crippen molar-refractivity contribution in [1.82, 2.24) is 9.80 Å². The number of ether oxygens (including phenoxy) is 1. The smallest absolute Gasteiger partial charge is 0.417 e. The van der Waals surface area contributed by atoms with Gasteiger partial charge >= 0.3 is 12.1 Å². The molecule has 0 spiro atoms. The molecule has 0 aliphatic carbocycles. The summed E-state index contributed by atoms with van der Waals surface area (Å²) in [6, 6.07) is 10.8. The number of esters is 1. The van der Waals surface area contributed by atoms with Crippen LogP contribution in [0.3, 0.4) is 0 Å². The lowest BCUT2D eigenvalue weighted by Crippen LogP contribution is -2.50. The van der Waals surface area contributed by atoms with Crippen LogP contribution >= 0.6 is 0 Å². The Labute approximate surface area is 170 Å². The molecule has 1 saturated heterocycles. The number of halogens is 3. The highest BCUT2D eigenvalue weighted by molar-refractivity contribution is 5.97. The van der Waals surface area contributed by atoms with Crippen molar-refractivity contribution >= 4 is 17.8 Å². The van der Waals surface area contributed by atoms with E-state index in [1.165, 1.54) is 34.9 Å². The van der Waals surface area contributed by atoms with Crippen molar-refractivity contribution in [2.75, 3.05) is 26.2 Å². The molecule has 6 nitrogen and oxygen atoms in total. The number of rotatable bonds is 3. The van der Waals surface area contributed by atoms with Gasteiger partial charge in [-0.1, -0.05) is 18.2 Å². The van der Waals surface area contributed by atoms with E-state index < -0.39 is 29.2 Å². The van der Waals surface area contributed by atoms with E-state index in [0.717, 1.165) is 12.1 Å². The van der Waals surface area contributed by atoms with Crippen LogP contribution in [0.2, 0.25) is 0 Å². The van der Waals surface area contributed by atoms with Gasteiger partial charge in [0.15, 0.2) is 0 Å². The predicted octanol–water partition coefficient (Wildman–Crippen LogP) is 3.23. The number of alkyl halides is 3. The van der Waals surface area contributed by atoms with E-state index in [4.69, 9.17) is 4.74 Å². The Morgan fingerprint density at radius 1 is 0.867 bits per heavy atom. The lowest BCUT2D eigenvalue weighted by Gasteiger charge is -2.35. The van der Waals surface area contributed by atoms with Crippen LogP contribution in [0.1, 0.15) is 33.2 Å². The van der Waals surface area contributed by atoms with Crippen LogP contribution in [-0.2, 0) is 11.0 Å². The largest absolute Gasteiger partial charge is 0.427 e. The quantitative estimate of drug-likeness (QED) is 0.565. The SMILES string of the molecule is CC(=O)Oc1cccc(C(=O)N2CCN(C(=O)c3ccccc3C(F)(F)F)CC2)c1. The molecule has 9 heteroatoms. The average Bonchev–Trinajstić information content (AvgIpc) is 2.72. The summed E-state index contributed by atoms with van der Waals surface area (Å²) in [4.78, 5) is 39.2. The lowest BCUT2D eigenvalue weighted by atomic mass is 10.1. The number of hydrogen-bond donors (Lipinski definition) is 0. The van der Waals surface area contributed by atoms with E-state index in [0.29, 0.717) is 5.56 Å². The lowest BCUT2D eigenvalue weighted by molar-refractivity contribution is -0.138. The second-order valence-corrected chi connectivity index (χ2v) is 6.75. The number of nitrogens with zero attached hydrogens (tertiary/aromatic N) is 2. The first-order valence-electron chi connectivity index (χ1n) is 9.20. The molecule has 2 amide bonds. The van der Waals surface area contributed by atoms with E-state index in [9.17, 15) is 27.6 Å². The van der Waals surface area contributed by atoms with Crippen LogP contribution in [0.25, 0.3) is 0 Å². The number of hydrogen-bond acceptors (Lipinski definition) is 4. The summed E-state index contributed by atoms with van der Waals surface area (Å²) in [5, 5.41) is 0. The maximum Gasteiger partial charge on any atom is 0.417 e. The molecule has 0 aromatic heterocycles. The Morgan fingerprint density at radius 2 is 1.47 bits per heavy atom. The van der Waals surface area contributed by atoms with E-state index in [1.54, 1.807) is 18.2 Å². The topological polar surface area (TPSA) is 66.9 Å². The standard InChI is InChI=1S/C21H19F3N2O4/c1-14(27)30-16-6-4-5-15(13-16)19(28)25-9-11-26(12-10-25)20(29)17-7-2-3-8-18(17)21(22,23)24/h2-8,13H,9-12H2,1H3. The molecule has 1 aliphatic heterocycles. The second kappa shape index (κ2) is 8.56. The van der Waals surface area contributed by atoms with Crippen LogP contribution in [0.15, 0.2) is 48.5 Å². The Morgan fingerprint density at radius 3 is 2.07 bits per heavy atom. The van der Waals surface area contributed by atoms with Crippen LogP contribution in [0.4, 0.5) is 13.2 Å². The van der Waals surface area contributed by atoms with Gasteiger partial charge in [-0.05, 0) is 30.3 Å². The first-order chi connectivity index (χ1) is 14.2.